The molecule has 28 heavy (non-hydrogen) atoms. The molecule has 3 rings (SSSR count). The smallest absolute Gasteiger partial charge is 0.251 e. The number of ether oxygens (including phenoxy) is 2. The van der Waals surface area contributed by atoms with Gasteiger partial charge in [-0.2, -0.15) is 0 Å². The highest BCUT2D eigenvalue weighted by Gasteiger charge is 2.08. The van der Waals surface area contributed by atoms with E-state index in [1.807, 2.05) is 32.0 Å². The summed E-state index contributed by atoms with van der Waals surface area (Å²) < 4.78 is 12.7. The van der Waals surface area contributed by atoms with Crippen LogP contribution in [-0.2, 0) is 6.42 Å². The van der Waals surface area contributed by atoms with E-state index in [2.05, 4.69) is 20.8 Å². The van der Waals surface area contributed by atoms with Gasteiger partial charge in [0, 0.05) is 12.1 Å². The maximum absolute atomic E-state index is 12.3. The number of aromatic nitrogens is 4. The van der Waals surface area contributed by atoms with Gasteiger partial charge in [-0.25, -0.2) is 4.68 Å². The zero-order valence-electron chi connectivity index (χ0n) is 16.0. The molecule has 146 valence electrons. The Balaban J connectivity index is 1.55. The predicted octanol–water partition coefficient (Wildman–Crippen LogP) is 2.43. The first-order valence-electron chi connectivity index (χ1n) is 9.21. The second kappa shape index (κ2) is 9.50. The standard InChI is InChI=1S/C20H23N5O3/c1-3-27-18-10-5-15(13-19(18)28-4-2)11-12-21-20(26)16-6-8-17(9-7-16)25-14-22-23-24-25/h5-10,13-14H,3-4,11-12H2,1-2H3,(H,21,26). The van der Waals surface area contributed by atoms with Crippen molar-refractivity contribution in [2.75, 3.05) is 19.8 Å². The molecule has 0 saturated carbocycles. The van der Waals surface area contributed by atoms with E-state index >= 15 is 0 Å². The number of nitrogens with one attached hydrogen (secondary N) is 1. The van der Waals surface area contributed by atoms with Crippen LogP contribution in [0.5, 0.6) is 11.5 Å². The lowest BCUT2D eigenvalue weighted by molar-refractivity contribution is 0.0954. The lowest BCUT2D eigenvalue weighted by Gasteiger charge is -2.12. The minimum absolute atomic E-state index is 0.126. The number of nitrogens with zero attached hydrogens (tertiary/aromatic N) is 4. The molecule has 0 aliphatic carbocycles. The van der Waals surface area contributed by atoms with Gasteiger partial charge in [0.25, 0.3) is 5.91 Å². The van der Waals surface area contributed by atoms with Crippen LogP contribution in [0.25, 0.3) is 5.69 Å². The normalized spacial score (nSPS) is 10.5. The molecule has 8 heteroatoms. The fraction of sp³-hybridized carbons (Fsp3) is 0.300. The Kier molecular flexibility index (Phi) is 6.56. The summed E-state index contributed by atoms with van der Waals surface area (Å²) in [5.41, 5.74) is 2.44. The van der Waals surface area contributed by atoms with Gasteiger partial charge in [-0.05, 0) is 72.7 Å². The van der Waals surface area contributed by atoms with E-state index in [0.717, 1.165) is 22.7 Å². The Morgan fingerprint density at radius 3 is 2.46 bits per heavy atom. The highest BCUT2D eigenvalue weighted by atomic mass is 16.5. The molecule has 0 unspecified atom stereocenters. The van der Waals surface area contributed by atoms with Gasteiger partial charge in [-0.15, -0.1) is 5.10 Å². The summed E-state index contributed by atoms with van der Waals surface area (Å²) in [6.45, 7) is 5.55. The number of hydrogen-bond donors (Lipinski definition) is 1. The molecule has 0 fully saturated rings. The third kappa shape index (κ3) is 4.85. The number of carbonyl (C=O) groups is 1. The molecule has 1 aromatic heterocycles. The zero-order valence-corrected chi connectivity index (χ0v) is 16.0. The molecule has 1 heterocycles. The predicted molar refractivity (Wildman–Crippen MR) is 104 cm³/mol. The van der Waals surface area contributed by atoms with Crippen molar-refractivity contribution in [2.24, 2.45) is 0 Å². The molecule has 1 amide bonds. The third-order valence-electron chi connectivity index (χ3n) is 4.05. The summed E-state index contributed by atoms with van der Waals surface area (Å²) in [7, 11) is 0. The number of hydrogen-bond acceptors (Lipinski definition) is 6. The van der Waals surface area contributed by atoms with Crippen LogP contribution in [0, 0.1) is 0 Å². The SMILES string of the molecule is CCOc1ccc(CCNC(=O)c2ccc(-n3cnnn3)cc2)cc1OCC. The Morgan fingerprint density at radius 2 is 1.79 bits per heavy atom. The maximum Gasteiger partial charge on any atom is 0.251 e. The molecule has 3 aromatic rings. The van der Waals surface area contributed by atoms with Gasteiger partial charge < -0.3 is 14.8 Å². The molecule has 8 nitrogen and oxygen atoms in total. The van der Waals surface area contributed by atoms with Gasteiger partial charge in [-0.1, -0.05) is 6.07 Å². The first-order chi connectivity index (χ1) is 13.7. The van der Waals surface area contributed by atoms with Crippen LogP contribution in [0.2, 0.25) is 0 Å². The van der Waals surface area contributed by atoms with Gasteiger partial charge in [-0.3, -0.25) is 4.79 Å². The van der Waals surface area contributed by atoms with Gasteiger partial charge in [0.1, 0.15) is 6.33 Å². The summed E-state index contributed by atoms with van der Waals surface area (Å²) in [6, 6.07) is 12.9. The molecule has 0 saturated heterocycles. The number of rotatable bonds is 9. The molecule has 0 spiro atoms. The van der Waals surface area contributed by atoms with Crippen LogP contribution in [0.15, 0.2) is 48.8 Å². The number of amides is 1. The fourth-order valence-electron chi connectivity index (χ4n) is 2.72. The lowest BCUT2D eigenvalue weighted by atomic mass is 10.1. The van der Waals surface area contributed by atoms with Crippen LogP contribution in [-0.4, -0.2) is 45.9 Å². The topological polar surface area (TPSA) is 91.2 Å². The average molecular weight is 381 g/mol. The van der Waals surface area contributed by atoms with Crippen molar-refractivity contribution >= 4 is 5.91 Å². The zero-order chi connectivity index (χ0) is 19.8. The lowest BCUT2D eigenvalue weighted by Crippen LogP contribution is -2.25. The third-order valence-corrected chi connectivity index (χ3v) is 4.05. The maximum atomic E-state index is 12.3. The number of benzene rings is 2. The van der Waals surface area contributed by atoms with E-state index in [0.29, 0.717) is 31.7 Å². The van der Waals surface area contributed by atoms with E-state index in [1.165, 1.54) is 11.0 Å². The van der Waals surface area contributed by atoms with E-state index < -0.39 is 0 Å². The highest BCUT2D eigenvalue weighted by molar-refractivity contribution is 5.94. The molecule has 0 atom stereocenters. The molecule has 0 aliphatic heterocycles. The van der Waals surface area contributed by atoms with Crippen LogP contribution >= 0.6 is 0 Å². The second-order valence-corrected chi connectivity index (χ2v) is 5.95. The van der Waals surface area contributed by atoms with Crippen molar-refractivity contribution in [2.45, 2.75) is 20.3 Å². The van der Waals surface area contributed by atoms with Crippen molar-refractivity contribution in [1.29, 1.82) is 0 Å². The Morgan fingerprint density at radius 1 is 1.04 bits per heavy atom. The molecule has 0 aliphatic rings. The second-order valence-electron chi connectivity index (χ2n) is 5.95. The minimum atomic E-state index is -0.126. The molecule has 0 bridgehead atoms. The van der Waals surface area contributed by atoms with Crippen LogP contribution < -0.4 is 14.8 Å². The van der Waals surface area contributed by atoms with Crippen LogP contribution in [0.4, 0.5) is 0 Å². The molecular formula is C20H23N5O3. The van der Waals surface area contributed by atoms with Crippen molar-refractivity contribution in [3.8, 4) is 17.2 Å². The summed E-state index contributed by atoms with van der Waals surface area (Å²) >= 11 is 0. The van der Waals surface area contributed by atoms with Gasteiger partial charge >= 0.3 is 0 Å². The van der Waals surface area contributed by atoms with E-state index in [9.17, 15) is 4.79 Å². The van der Waals surface area contributed by atoms with E-state index in [-0.39, 0.29) is 5.91 Å². The highest BCUT2D eigenvalue weighted by Crippen LogP contribution is 2.28. The summed E-state index contributed by atoms with van der Waals surface area (Å²) in [6.07, 6.45) is 2.20. The molecule has 1 N–H and O–H groups in total. The fourth-order valence-corrected chi connectivity index (χ4v) is 2.72. The largest absolute Gasteiger partial charge is 0.490 e. The van der Waals surface area contributed by atoms with Crippen molar-refractivity contribution < 1.29 is 14.3 Å². The monoisotopic (exact) mass is 381 g/mol. The van der Waals surface area contributed by atoms with Crippen molar-refractivity contribution in [1.82, 2.24) is 25.5 Å². The van der Waals surface area contributed by atoms with Crippen LogP contribution in [0.3, 0.4) is 0 Å². The summed E-state index contributed by atoms with van der Waals surface area (Å²) in [5, 5.41) is 13.9. The summed E-state index contributed by atoms with van der Waals surface area (Å²) in [4.78, 5) is 12.3. The van der Waals surface area contributed by atoms with Gasteiger partial charge in [0.05, 0.1) is 18.9 Å². The van der Waals surface area contributed by atoms with E-state index in [4.69, 9.17) is 9.47 Å². The number of carbonyl (C=O) groups excluding carboxylic acids is 1. The summed E-state index contributed by atoms with van der Waals surface area (Å²) in [5.74, 6) is 1.34. The molecule has 2 aromatic carbocycles. The van der Waals surface area contributed by atoms with Crippen LogP contribution in [0.1, 0.15) is 29.8 Å². The molecular weight excluding hydrogens is 358 g/mol. The molecule has 0 radical (unpaired) electrons. The Labute approximate surface area is 163 Å². The van der Waals surface area contributed by atoms with Crippen molar-refractivity contribution in [3.63, 3.8) is 0 Å². The quantitative estimate of drug-likeness (QED) is 0.612. The average Bonchev–Trinajstić information content (AvgIpc) is 3.25. The minimum Gasteiger partial charge on any atom is -0.490 e. The number of tetrazole rings is 1. The Bertz CT molecular complexity index is 895. The van der Waals surface area contributed by atoms with Gasteiger partial charge in [0.2, 0.25) is 0 Å². The van der Waals surface area contributed by atoms with Crippen molar-refractivity contribution in [3.05, 3.63) is 59.9 Å². The van der Waals surface area contributed by atoms with Gasteiger partial charge in [0.15, 0.2) is 11.5 Å². The first-order valence-corrected chi connectivity index (χ1v) is 9.21. The van der Waals surface area contributed by atoms with E-state index in [1.54, 1.807) is 24.3 Å². The first kappa shape index (κ1) is 19.3. The Hall–Kier alpha value is -3.42.